The van der Waals surface area contributed by atoms with E-state index in [9.17, 15) is 14.3 Å². The fourth-order valence-corrected chi connectivity index (χ4v) is 2.40. The lowest BCUT2D eigenvalue weighted by molar-refractivity contribution is -0.00970. The first-order valence-electron chi connectivity index (χ1n) is 5.44. The van der Waals surface area contributed by atoms with Crippen molar-refractivity contribution in [3.05, 3.63) is 35.0 Å². The third kappa shape index (κ3) is 3.05. The highest BCUT2D eigenvalue weighted by Crippen LogP contribution is 2.27. The van der Waals surface area contributed by atoms with Crippen LogP contribution in [0.3, 0.4) is 0 Å². The summed E-state index contributed by atoms with van der Waals surface area (Å²) < 4.78 is 18.7. The summed E-state index contributed by atoms with van der Waals surface area (Å²) in [4.78, 5) is 12.1. The molecule has 0 aliphatic carbocycles. The van der Waals surface area contributed by atoms with Crippen molar-refractivity contribution < 1.29 is 19.0 Å². The predicted molar refractivity (Wildman–Crippen MR) is 68.4 cm³/mol. The predicted octanol–water partition coefficient (Wildman–Crippen LogP) is 2.97. The van der Waals surface area contributed by atoms with E-state index in [1.54, 1.807) is 26.0 Å². The fourth-order valence-electron chi connectivity index (χ4n) is 1.42. The molecule has 2 aromatic rings. The molecule has 1 aromatic carbocycles. The molecule has 18 heavy (non-hydrogen) atoms. The summed E-state index contributed by atoms with van der Waals surface area (Å²) in [6.07, 6.45) is 0. The molecule has 0 atom stereocenters. The van der Waals surface area contributed by atoms with Gasteiger partial charge in [-0.05, 0) is 37.4 Å². The number of esters is 1. The van der Waals surface area contributed by atoms with Crippen molar-refractivity contribution in [3.63, 3.8) is 0 Å². The van der Waals surface area contributed by atoms with Gasteiger partial charge in [-0.2, -0.15) is 0 Å². The van der Waals surface area contributed by atoms with Crippen molar-refractivity contribution in [1.29, 1.82) is 0 Å². The Labute approximate surface area is 108 Å². The number of rotatable bonds is 3. The van der Waals surface area contributed by atoms with Crippen LogP contribution in [-0.2, 0) is 4.74 Å². The largest absolute Gasteiger partial charge is 0.458 e. The quantitative estimate of drug-likeness (QED) is 0.870. The minimum absolute atomic E-state index is 0.0750. The molecule has 2 rings (SSSR count). The average Bonchev–Trinajstić information content (AvgIpc) is 2.67. The lowest BCUT2D eigenvalue weighted by Crippen LogP contribution is -2.27. The Kier molecular flexibility index (Phi) is 3.36. The Bertz CT molecular complexity index is 583. The first kappa shape index (κ1) is 13.0. The number of carbonyl (C=O) groups excluding carboxylic acids is 1. The first-order valence-corrected chi connectivity index (χ1v) is 6.25. The minimum Gasteiger partial charge on any atom is -0.458 e. The van der Waals surface area contributed by atoms with Crippen molar-refractivity contribution in [2.45, 2.75) is 19.4 Å². The van der Waals surface area contributed by atoms with E-state index in [0.717, 1.165) is 5.39 Å². The second-order valence-corrected chi connectivity index (χ2v) is 5.77. The Morgan fingerprint density at radius 1 is 1.44 bits per heavy atom. The normalized spacial score (nSPS) is 11.8. The molecule has 0 aliphatic rings. The highest BCUT2D eigenvalue weighted by Gasteiger charge is 2.18. The van der Waals surface area contributed by atoms with Crippen LogP contribution < -0.4 is 0 Å². The van der Waals surface area contributed by atoms with Crippen LogP contribution in [0.4, 0.5) is 4.39 Å². The highest BCUT2D eigenvalue weighted by atomic mass is 32.1. The lowest BCUT2D eigenvalue weighted by atomic mass is 10.2. The van der Waals surface area contributed by atoms with Gasteiger partial charge < -0.3 is 9.84 Å². The van der Waals surface area contributed by atoms with Crippen LogP contribution in [-0.4, -0.2) is 23.3 Å². The summed E-state index contributed by atoms with van der Waals surface area (Å²) >= 11 is 1.17. The molecule has 5 heteroatoms. The third-order valence-electron chi connectivity index (χ3n) is 2.24. The molecule has 0 saturated heterocycles. The standard InChI is InChI=1S/C13H13FO3S/c1-13(2,16)7-17-12(15)11-5-8-3-4-9(14)6-10(8)18-11/h3-6,16H,7H2,1-2H3. The highest BCUT2D eigenvalue weighted by molar-refractivity contribution is 7.20. The Morgan fingerprint density at radius 3 is 2.83 bits per heavy atom. The van der Waals surface area contributed by atoms with Crippen LogP contribution >= 0.6 is 11.3 Å². The lowest BCUT2D eigenvalue weighted by Gasteiger charge is -2.16. The molecule has 0 bridgehead atoms. The van der Waals surface area contributed by atoms with E-state index in [4.69, 9.17) is 4.74 Å². The molecule has 3 nitrogen and oxygen atoms in total. The van der Waals surface area contributed by atoms with Gasteiger partial charge in [0, 0.05) is 4.70 Å². The monoisotopic (exact) mass is 268 g/mol. The average molecular weight is 268 g/mol. The van der Waals surface area contributed by atoms with Gasteiger partial charge in [-0.25, -0.2) is 9.18 Å². The van der Waals surface area contributed by atoms with Crippen molar-refractivity contribution in [2.24, 2.45) is 0 Å². The number of carbonyl (C=O) groups is 1. The van der Waals surface area contributed by atoms with Crippen molar-refractivity contribution in [2.75, 3.05) is 6.61 Å². The molecule has 0 aliphatic heterocycles. The number of halogens is 1. The zero-order chi connectivity index (χ0) is 13.3. The zero-order valence-corrected chi connectivity index (χ0v) is 10.9. The molecular weight excluding hydrogens is 255 g/mol. The van der Waals surface area contributed by atoms with E-state index in [0.29, 0.717) is 9.58 Å². The van der Waals surface area contributed by atoms with Gasteiger partial charge in [0.25, 0.3) is 0 Å². The second-order valence-electron chi connectivity index (χ2n) is 4.68. The Balaban J connectivity index is 2.18. The molecule has 0 unspecified atom stereocenters. The van der Waals surface area contributed by atoms with E-state index in [1.165, 1.54) is 23.5 Å². The van der Waals surface area contributed by atoms with Gasteiger partial charge >= 0.3 is 5.97 Å². The summed E-state index contributed by atoms with van der Waals surface area (Å²) in [6, 6.07) is 6.01. The van der Waals surface area contributed by atoms with Crippen LogP contribution in [0, 0.1) is 5.82 Å². The van der Waals surface area contributed by atoms with Gasteiger partial charge in [0.15, 0.2) is 0 Å². The Hall–Kier alpha value is -1.46. The maximum atomic E-state index is 13.0. The number of hydrogen-bond donors (Lipinski definition) is 1. The first-order chi connectivity index (χ1) is 8.35. The van der Waals surface area contributed by atoms with Gasteiger partial charge in [0.1, 0.15) is 17.3 Å². The van der Waals surface area contributed by atoms with E-state index in [2.05, 4.69) is 0 Å². The minimum atomic E-state index is -1.06. The topological polar surface area (TPSA) is 46.5 Å². The van der Waals surface area contributed by atoms with E-state index in [1.807, 2.05) is 0 Å². The van der Waals surface area contributed by atoms with Crippen LogP contribution in [0.1, 0.15) is 23.5 Å². The number of ether oxygens (including phenoxy) is 1. The summed E-state index contributed by atoms with van der Waals surface area (Å²) in [5, 5.41) is 10.3. The summed E-state index contributed by atoms with van der Waals surface area (Å²) in [5.74, 6) is -0.834. The SMILES string of the molecule is CC(C)(O)COC(=O)c1cc2ccc(F)cc2s1. The van der Waals surface area contributed by atoms with Gasteiger partial charge in [-0.3, -0.25) is 0 Å². The Morgan fingerprint density at radius 2 is 2.17 bits per heavy atom. The smallest absolute Gasteiger partial charge is 0.348 e. The van der Waals surface area contributed by atoms with Crippen molar-refractivity contribution >= 4 is 27.4 Å². The second kappa shape index (κ2) is 4.66. The fraction of sp³-hybridized carbons (Fsp3) is 0.308. The molecule has 1 aromatic heterocycles. The van der Waals surface area contributed by atoms with Gasteiger partial charge in [-0.15, -0.1) is 11.3 Å². The van der Waals surface area contributed by atoms with E-state index < -0.39 is 11.6 Å². The van der Waals surface area contributed by atoms with E-state index in [-0.39, 0.29) is 12.4 Å². The van der Waals surface area contributed by atoms with Crippen LogP contribution in [0.2, 0.25) is 0 Å². The number of thiophene rings is 1. The molecule has 1 heterocycles. The summed E-state index contributed by atoms with van der Waals surface area (Å²) in [7, 11) is 0. The molecule has 0 spiro atoms. The molecule has 0 amide bonds. The number of fused-ring (bicyclic) bond motifs is 1. The number of hydrogen-bond acceptors (Lipinski definition) is 4. The molecule has 0 fully saturated rings. The number of benzene rings is 1. The molecule has 0 saturated carbocycles. The number of aliphatic hydroxyl groups is 1. The van der Waals surface area contributed by atoms with Gasteiger partial charge in [-0.1, -0.05) is 6.07 Å². The maximum absolute atomic E-state index is 13.0. The third-order valence-corrected chi connectivity index (χ3v) is 3.32. The van der Waals surface area contributed by atoms with Gasteiger partial charge in [0.2, 0.25) is 0 Å². The van der Waals surface area contributed by atoms with Crippen molar-refractivity contribution in [1.82, 2.24) is 0 Å². The molecule has 0 radical (unpaired) electrons. The van der Waals surface area contributed by atoms with E-state index >= 15 is 0 Å². The van der Waals surface area contributed by atoms with Crippen LogP contribution in [0.5, 0.6) is 0 Å². The maximum Gasteiger partial charge on any atom is 0.348 e. The molecule has 96 valence electrons. The summed E-state index contributed by atoms with van der Waals surface area (Å²) in [6.45, 7) is 3.04. The van der Waals surface area contributed by atoms with Gasteiger partial charge in [0.05, 0.1) is 5.60 Å². The molecular formula is C13H13FO3S. The summed E-state index contributed by atoms with van der Waals surface area (Å²) in [5.41, 5.74) is -1.06. The molecule has 1 N–H and O–H groups in total. The van der Waals surface area contributed by atoms with Crippen LogP contribution in [0.25, 0.3) is 10.1 Å². The zero-order valence-electron chi connectivity index (χ0n) is 10.1. The van der Waals surface area contributed by atoms with Crippen molar-refractivity contribution in [3.8, 4) is 0 Å². The van der Waals surface area contributed by atoms with Crippen LogP contribution in [0.15, 0.2) is 24.3 Å².